The van der Waals surface area contributed by atoms with Crippen LogP contribution < -0.4 is 4.74 Å². The predicted molar refractivity (Wildman–Crippen MR) is 42.7 cm³/mol. The van der Waals surface area contributed by atoms with E-state index in [9.17, 15) is 0 Å². The molecule has 0 aliphatic carbocycles. The van der Waals surface area contributed by atoms with Crippen LogP contribution in [-0.2, 0) is 0 Å². The second kappa shape index (κ2) is 5.06. The van der Waals surface area contributed by atoms with Gasteiger partial charge in [-0.1, -0.05) is 6.07 Å². The van der Waals surface area contributed by atoms with Gasteiger partial charge in [0.05, 0.1) is 6.61 Å². The fourth-order valence-electron chi connectivity index (χ4n) is 0.580. The van der Waals surface area contributed by atoms with Gasteiger partial charge in [0.1, 0.15) is 0 Å². The van der Waals surface area contributed by atoms with Crippen LogP contribution in [0.15, 0.2) is 24.4 Å². The van der Waals surface area contributed by atoms with Crippen LogP contribution in [0.2, 0.25) is 0 Å². The lowest BCUT2D eigenvalue weighted by Crippen LogP contribution is -1.92. The maximum atomic E-state index is 5.09. The molecule has 1 aromatic heterocycles. The Morgan fingerprint density at radius 1 is 1.50 bits per heavy atom. The Morgan fingerprint density at radius 3 is 2.80 bits per heavy atom. The topological polar surface area (TPSA) is 22.1 Å². The first-order chi connectivity index (χ1) is 4.43. The van der Waals surface area contributed by atoms with Crippen molar-refractivity contribution in [1.82, 2.24) is 4.98 Å². The van der Waals surface area contributed by atoms with E-state index in [1.165, 1.54) is 0 Å². The summed E-state index contributed by atoms with van der Waals surface area (Å²) in [7, 11) is 0. The zero-order valence-electron chi connectivity index (χ0n) is 5.78. The van der Waals surface area contributed by atoms with E-state index in [-0.39, 0.29) is 12.4 Å². The van der Waals surface area contributed by atoms with Gasteiger partial charge in [-0.3, -0.25) is 0 Å². The minimum Gasteiger partial charge on any atom is -0.478 e. The second-order valence-corrected chi connectivity index (χ2v) is 1.60. The molecule has 0 amide bonds. The van der Waals surface area contributed by atoms with Gasteiger partial charge < -0.3 is 4.74 Å². The Balaban J connectivity index is 0.000000810. The molecule has 3 heteroatoms. The van der Waals surface area contributed by atoms with Gasteiger partial charge >= 0.3 is 0 Å². The van der Waals surface area contributed by atoms with Crippen molar-refractivity contribution in [3.8, 4) is 5.88 Å². The number of rotatable bonds is 2. The van der Waals surface area contributed by atoms with E-state index in [0.29, 0.717) is 12.5 Å². The Hall–Kier alpha value is -0.760. The summed E-state index contributed by atoms with van der Waals surface area (Å²) in [6, 6.07) is 5.60. The van der Waals surface area contributed by atoms with Gasteiger partial charge in [-0.25, -0.2) is 4.98 Å². The van der Waals surface area contributed by atoms with E-state index in [4.69, 9.17) is 4.74 Å². The summed E-state index contributed by atoms with van der Waals surface area (Å²) in [5, 5.41) is 0. The van der Waals surface area contributed by atoms with Gasteiger partial charge in [-0.15, -0.1) is 12.4 Å². The van der Waals surface area contributed by atoms with Crippen LogP contribution in [0.3, 0.4) is 0 Å². The number of halogens is 1. The Labute approximate surface area is 66.6 Å². The molecule has 56 valence electrons. The SMILES string of the molecule is CCOc1ccccn1.Cl. The maximum Gasteiger partial charge on any atom is 0.213 e. The quantitative estimate of drug-likeness (QED) is 0.658. The minimum absolute atomic E-state index is 0. The Kier molecular flexibility index (Phi) is 4.67. The van der Waals surface area contributed by atoms with Crippen molar-refractivity contribution in [3.63, 3.8) is 0 Å². The van der Waals surface area contributed by atoms with Crippen molar-refractivity contribution in [2.45, 2.75) is 6.92 Å². The van der Waals surface area contributed by atoms with Crippen molar-refractivity contribution < 1.29 is 4.74 Å². The van der Waals surface area contributed by atoms with Crippen LogP contribution in [0.1, 0.15) is 6.92 Å². The van der Waals surface area contributed by atoms with E-state index >= 15 is 0 Å². The van der Waals surface area contributed by atoms with Gasteiger partial charge in [0.25, 0.3) is 0 Å². The van der Waals surface area contributed by atoms with E-state index < -0.39 is 0 Å². The highest BCUT2D eigenvalue weighted by atomic mass is 35.5. The maximum absolute atomic E-state index is 5.09. The van der Waals surface area contributed by atoms with Gasteiger partial charge in [0.2, 0.25) is 5.88 Å². The number of hydrogen-bond donors (Lipinski definition) is 0. The summed E-state index contributed by atoms with van der Waals surface area (Å²) in [6.07, 6.45) is 1.71. The van der Waals surface area contributed by atoms with Crippen molar-refractivity contribution >= 4 is 12.4 Å². The molecule has 0 saturated heterocycles. The number of aromatic nitrogens is 1. The van der Waals surface area contributed by atoms with Crippen molar-refractivity contribution in [1.29, 1.82) is 0 Å². The molecule has 1 aromatic rings. The summed E-state index contributed by atoms with van der Waals surface area (Å²) in [6.45, 7) is 2.62. The van der Waals surface area contributed by atoms with Gasteiger partial charge in [-0.2, -0.15) is 0 Å². The fourth-order valence-corrected chi connectivity index (χ4v) is 0.580. The van der Waals surface area contributed by atoms with Crippen LogP contribution in [0.4, 0.5) is 0 Å². The fraction of sp³-hybridized carbons (Fsp3) is 0.286. The van der Waals surface area contributed by atoms with E-state index in [1.807, 2.05) is 25.1 Å². The smallest absolute Gasteiger partial charge is 0.213 e. The van der Waals surface area contributed by atoms with E-state index in [2.05, 4.69) is 4.98 Å². The number of hydrogen-bond acceptors (Lipinski definition) is 2. The molecule has 0 aromatic carbocycles. The molecule has 0 aliphatic rings. The molecule has 0 aliphatic heterocycles. The third kappa shape index (κ3) is 2.69. The first kappa shape index (κ1) is 9.24. The van der Waals surface area contributed by atoms with E-state index in [1.54, 1.807) is 6.20 Å². The second-order valence-electron chi connectivity index (χ2n) is 1.60. The molecule has 0 saturated carbocycles. The third-order valence-electron chi connectivity index (χ3n) is 0.930. The lowest BCUT2D eigenvalue weighted by Gasteiger charge is -1.97. The summed E-state index contributed by atoms with van der Waals surface area (Å²) < 4.78 is 5.09. The highest BCUT2D eigenvalue weighted by Crippen LogP contribution is 2.01. The van der Waals surface area contributed by atoms with E-state index in [0.717, 1.165) is 0 Å². The highest BCUT2D eigenvalue weighted by molar-refractivity contribution is 5.85. The molecule has 10 heavy (non-hydrogen) atoms. The molecular weight excluding hydrogens is 150 g/mol. The molecule has 0 atom stereocenters. The van der Waals surface area contributed by atoms with Crippen LogP contribution >= 0.6 is 12.4 Å². The van der Waals surface area contributed by atoms with Crippen LogP contribution in [-0.4, -0.2) is 11.6 Å². The molecule has 0 unspecified atom stereocenters. The van der Waals surface area contributed by atoms with Gasteiger partial charge in [0, 0.05) is 12.3 Å². The molecule has 0 fully saturated rings. The lowest BCUT2D eigenvalue weighted by atomic mass is 10.5. The third-order valence-corrected chi connectivity index (χ3v) is 0.930. The lowest BCUT2D eigenvalue weighted by molar-refractivity contribution is 0.327. The highest BCUT2D eigenvalue weighted by Gasteiger charge is 1.85. The summed E-state index contributed by atoms with van der Waals surface area (Å²) in [5.41, 5.74) is 0. The van der Waals surface area contributed by atoms with Crippen molar-refractivity contribution in [3.05, 3.63) is 24.4 Å². The molecular formula is C7H10ClNO. The standard InChI is InChI=1S/C7H9NO.ClH/c1-2-9-7-5-3-4-6-8-7;/h3-6H,2H2,1H3;1H. The monoisotopic (exact) mass is 159 g/mol. The molecule has 0 radical (unpaired) electrons. The molecule has 2 nitrogen and oxygen atoms in total. The average Bonchev–Trinajstić information content (AvgIpc) is 1.91. The molecule has 0 N–H and O–H groups in total. The summed E-state index contributed by atoms with van der Waals surface area (Å²) >= 11 is 0. The van der Waals surface area contributed by atoms with Crippen molar-refractivity contribution in [2.24, 2.45) is 0 Å². The minimum atomic E-state index is 0. The zero-order chi connectivity index (χ0) is 6.53. The molecule has 0 spiro atoms. The Bertz CT molecular complexity index is 167. The molecule has 1 rings (SSSR count). The Morgan fingerprint density at radius 2 is 2.30 bits per heavy atom. The van der Waals surface area contributed by atoms with Crippen LogP contribution in [0.25, 0.3) is 0 Å². The van der Waals surface area contributed by atoms with Crippen molar-refractivity contribution in [2.75, 3.05) is 6.61 Å². The van der Waals surface area contributed by atoms with Crippen LogP contribution in [0, 0.1) is 0 Å². The predicted octanol–water partition coefficient (Wildman–Crippen LogP) is 1.90. The van der Waals surface area contributed by atoms with Gasteiger partial charge in [-0.05, 0) is 13.0 Å². The normalized spacial score (nSPS) is 8.10. The van der Waals surface area contributed by atoms with Crippen LogP contribution in [0.5, 0.6) is 5.88 Å². The molecule has 1 heterocycles. The zero-order valence-corrected chi connectivity index (χ0v) is 6.60. The largest absolute Gasteiger partial charge is 0.478 e. The first-order valence-electron chi connectivity index (χ1n) is 2.97. The molecule has 0 bridgehead atoms. The number of pyridine rings is 1. The summed E-state index contributed by atoms with van der Waals surface area (Å²) in [4.78, 5) is 3.95. The van der Waals surface area contributed by atoms with Gasteiger partial charge in [0.15, 0.2) is 0 Å². The number of nitrogens with zero attached hydrogens (tertiary/aromatic N) is 1. The summed E-state index contributed by atoms with van der Waals surface area (Å²) in [5.74, 6) is 0.694. The first-order valence-corrected chi connectivity index (χ1v) is 2.97. The number of ether oxygens (including phenoxy) is 1. The average molecular weight is 160 g/mol.